The number of carbonyl (C=O) groups is 2. The van der Waals surface area contributed by atoms with E-state index < -0.39 is 24.1 Å². The number of aromatic nitrogens is 3. The molecule has 0 unspecified atom stereocenters. The Morgan fingerprint density at radius 3 is 2.50 bits per heavy atom. The summed E-state index contributed by atoms with van der Waals surface area (Å²) in [5.74, 6) is -0.974. The first kappa shape index (κ1) is 24.3. The number of esters is 1. The number of hydrogen-bond acceptors (Lipinski definition) is 7. The number of carbonyl (C=O) groups excluding carboxylic acids is 2. The minimum absolute atomic E-state index is 0.150. The summed E-state index contributed by atoms with van der Waals surface area (Å²) < 4.78 is 48.3. The Kier molecular flexibility index (Phi) is 6.63. The molecule has 0 atom stereocenters. The monoisotopic (exact) mass is 500 g/mol. The molecule has 0 aliphatic carbocycles. The molecule has 0 fully saturated rings. The lowest BCUT2D eigenvalue weighted by atomic mass is 10.0. The maximum Gasteiger partial charge on any atom is 0.573 e. The van der Waals surface area contributed by atoms with Gasteiger partial charge in [-0.1, -0.05) is 24.3 Å². The summed E-state index contributed by atoms with van der Waals surface area (Å²) >= 11 is 0. The smallest absolute Gasteiger partial charge is 0.462 e. The Morgan fingerprint density at radius 2 is 1.81 bits per heavy atom. The van der Waals surface area contributed by atoms with Crippen LogP contribution in [-0.4, -0.2) is 39.6 Å². The van der Waals surface area contributed by atoms with Gasteiger partial charge in [0.15, 0.2) is 11.6 Å². The SMILES string of the molecule is CCOC(=O)c1cn2ncnc(N)c2c1-c1ccc(NC(=O)Nc2ccccc2OC(F)(F)F)cc1. The molecule has 2 aromatic carbocycles. The predicted octanol–water partition coefficient (Wildman–Crippen LogP) is 4.70. The largest absolute Gasteiger partial charge is 0.573 e. The van der Waals surface area contributed by atoms with Crippen molar-refractivity contribution in [3.05, 3.63) is 66.6 Å². The van der Waals surface area contributed by atoms with Crippen molar-refractivity contribution in [3.63, 3.8) is 0 Å². The molecule has 4 aromatic rings. The third kappa shape index (κ3) is 5.29. The van der Waals surface area contributed by atoms with Crippen LogP contribution in [0.4, 0.5) is 35.2 Å². The highest BCUT2D eigenvalue weighted by Crippen LogP contribution is 2.34. The number of amides is 2. The van der Waals surface area contributed by atoms with E-state index in [-0.39, 0.29) is 23.7 Å². The fourth-order valence-corrected chi connectivity index (χ4v) is 3.48. The molecule has 13 heteroatoms. The van der Waals surface area contributed by atoms with Gasteiger partial charge in [-0.3, -0.25) is 0 Å². The number of urea groups is 1. The predicted molar refractivity (Wildman–Crippen MR) is 125 cm³/mol. The second-order valence-electron chi connectivity index (χ2n) is 7.28. The number of halogens is 3. The van der Waals surface area contributed by atoms with Crippen molar-refractivity contribution in [1.29, 1.82) is 0 Å². The number of fused-ring (bicyclic) bond motifs is 1. The van der Waals surface area contributed by atoms with E-state index >= 15 is 0 Å². The minimum Gasteiger partial charge on any atom is -0.462 e. The molecule has 4 N–H and O–H groups in total. The van der Waals surface area contributed by atoms with Gasteiger partial charge in [-0.05, 0) is 36.8 Å². The van der Waals surface area contributed by atoms with Crippen molar-refractivity contribution >= 4 is 34.7 Å². The number of anilines is 3. The standard InChI is InChI=1S/C23H19F3N6O4/c1-2-35-21(33)15-11-32-19(20(27)28-12-29-32)18(15)13-7-9-14(10-8-13)30-22(34)31-16-5-3-4-6-17(16)36-23(24,25)26/h3-12H,2H2,1H3,(H2,27,28,29)(H2,30,31,34). The first-order chi connectivity index (χ1) is 17.2. The normalized spacial score (nSPS) is 11.2. The summed E-state index contributed by atoms with van der Waals surface area (Å²) in [6.07, 6.45) is -2.17. The summed E-state index contributed by atoms with van der Waals surface area (Å²) in [5.41, 5.74) is 7.83. The molecule has 2 heterocycles. The average Bonchev–Trinajstić information content (AvgIpc) is 3.21. The van der Waals surface area contributed by atoms with E-state index in [9.17, 15) is 22.8 Å². The van der Waals surface area contributed by atoms with Crippen LogP contribution < -0.4 is 21.1 Å². The third-order valence-electron chi connectivity index (χ3n) is 4.89. The second kappa shape index (κ2) is 9.82. The Bertz CT molecular complexity index is 1420. The van der Waals surface area contributed by atoms with Gasteiger partial charge in [0.25, 0.3) is 0 Å². The number of nitrogens with two attached hydrogens (primary N) is 1. The molecule has 2 amide bonds. The van der Waals surface area contributed by atoms with E-state index in [0.717, 1.165) is 6.07 Å². The van der Waals surface area contributed by atoms with Crippen LogP contribution in [0.15, 0.2) is 61.1 Å². The van der Waals surface area contributed by atoms with Crippen LogP contribution >= 0.6 is 0 Å². The van der Waals surface area contributed by atoms with Crippen LogP contribution in [-0.2, 0) is 4.74 Å². The fraction of sp³-hybridized carbons (Fsp3) is 0.130. The van der Waals surface area contributed by atoms with Crippen molar-refractivity contribution in [2.24, 2.45) is 0 Å². The molecule has 0 saturated heterocycles. The highest BCUT2D eigenvalue weighted by Gasteiger charge is 2.32. The van der Waals surface area contributed by atoms with E-state index in [1.54, 1.807) is 31.2 Å². The van der Waals surface area contributed by atoms with Crippen LogP contribution in [0.25, 0.3) is 16.6 Å². The lowest BCUT2D eigenvalue weighted by molar-refractivity contribution is -0.274. The average molecular weight is 500 g/mol. The zero-order valence-electron chi connectivity index (χ0n) is 18.7. The molecule has 0 bridgehead atoms. The molecular weight excluding hydrogens is 481 g/mol. The Balaban J connectivity index is 1.57. The lowest BCUT2D eigenvalue weighted by Crippen LogP contribution is -2.22. The van der Waals surface area contributed by atoms with E-state index in [1.165, 1.54) is 35.2 Å². The van der Waals surface area contributed by atoms with Crippen molar-refractivity contribution in [2.45, 2.75) is 13.3 Å². The van der Waals surface area contributed by atoms with Crippen LogP contribution in [0.5, 0.6) is 5.75 Å². The number of nitrogens with zero attached hydrogens (tertiary/aromatic N) is 3. The molecule has 0 radical (unpaired) electrons. The summed E-state index contributed by atoms with van der Waals surface area (Å²) in [7, 11) is 0. The van der Waals surface area contributed by atoms with E-state index in [4.69, 9.17) is 10.5 Å². The van der Waals surface area contributed by atoms with Crippen LogP contribution in [0.3, 0.4) is 0 Å². The van der Waals surface area contributed by atoms with Gasteiger partial charge < -0.3 is 25.8 Å². The molecule has 2 aromatic heterocycles. The van der Waals surface area contributed by atoms with Crippen molar-refractivity contribution in [2.75, 3.05) is 23.0 Å². The Labute approximate surface area is 201 Å². The van der Waals surface area contributed by atoms with Gasteiger partial charge in [0.2, 0.25) is 0 Å². The number of para-hydroxylation sites is 2. The summed E-state index contributed by atoms with van der Waals surface area (Å²) in [6.45, 7) is 1.85. The van der Waals surface area contributed by atoms with E-state index in [0.29, 0.717) is 22.3 Å². The molecule has 0 aliphatic heterocycles. The molecule has 10 nitrogen and oxygen atoms in total. The lowest BCUT2D eigenvalue weighted by Gasteiger charge is -2.14. The first-order valence-electron chi connectivity index (χ1n) is 10.5. The van der Waals surface area contributed by atoms with Gasteiger partial charge in [0, 0.05) is 17.4 Å². The van der Waals surface area contributed by atoms with Gasteiger partial charge in [-0.25, -0.2) is 19.1 Å². The van der Waals surface area contributed by atoms with Crippen molar-refractivity contribution < 1.29 is 32.2 Å². The number of ether oxygens (including phenoxy) is 2. The molecule has 0 aliphatic rings. The Morgan fingerprint density at radius 1 is 1.08 bits per heavy atom. The molecule has 36 heavy (non-hydrogen) atoms. The van der Waals surface area contributed by atoms with Gasteiger partial charge in [0.1, 0.15) is 11.8 Å². The van der Waals surface area contributed by atoms with Crippen LogP contribution in [0.2, 0.25) is 0 Å². The van der Waals surface area contributed by atoms with Crippen LogP contribution in [0.1, 0.15) is 17.3 Å². The molecule has 4 rings (SSSR count). The quantitative estimate of drug-likeness (QED) is 0.327. The summed E-state index contributed by atoms with van der Waals surface area (Å²) in [6, 6.07) is 10.7. The molecular formula is C23H19F3N6O4. The number of nitrogen functional groups attached to an aromatic ring is 1. The van der Waals surface area contributed by atoms with Gasteiger partial charge in [-0.2, -0.15) is 5.10 Å². The van der Waals surface area contributed by atoms with Crippen LogP contribution in [0, 0.1) is 0 Å². The van der Waals surface area contributed by atoms with Crippen molar-refractivity contribution in [3.8, 4) is 16.9 Å². The minimum atomic E-state index is -4.91. The summed E-state index contributed by atoms with van der Waals surface area (Å²) in [4.78, 5) is 28.9. The number of rotatable bonds is 6. The zero-order chi connectivity index (χ0) is 25.9. The first-order valence-corrected chi connectivity index (χ1v) is 10.5. The molecule has 0 saturated carbocycles. The molecule has 0 spiro atoms. The van der Waals surface area contributed by atoms with Gasteiger partial charge in [-0.15, -0.1) is 13.2 Å². The highest BCUT2D eigenvalue weighted by molar-refractivity contribution is 6.05. The number of benzene rings is 2. The van der Waals surface area contributed by atoms with E-state index in [2.05, 4.69) is 25.5 Å². The summed E-state index contributed by atoms with van der Waals surface area (Å²) in [5, 5.41) is 8.94. The second-order valence-corrected chi connectivity index (χ2v) is 7.28. The number of hydrogen-bond donors (Lipinski definition) is 3. The third-order valence-corrected chi connectivity index (χ3v) is 4.89. The number of alkyl halides is 3. The van der Waals surface area contributed by atoms with Crippen molar-refractivity contribution in [1.82, 2.24) is 14.6 Å². The topological polar surface area (TPSA) is 133 Å². The maximum atomic E-state index is 12.6. The molecule has 186 valence electrons. The van der Waals surface area contributed by atoms with Gasteiger partial charge in [0.05, 0.1) is 17.9 Å². The van der Waals surface area contributed by atoms with Gasteiger partial charge >= 0.3 is 18.4 Å². The zero-order valence-corrected chi connectivity index (χ0v) is 18.7. The van der Waals surface area contributed by atoms with E-state index in [1.807, 2.05) is 0 Å². The fourth-order valence-electron chi connectivity index (χ4n) is 3.48. The maximum absolute atomic E-state index is 12.6. The number of nitrogens with one attached hydrogen (secondary N) is 2. The highest BCUT2D eigenvalue weighted by atomic mass is 19.4. The Hall–Kier alpha value is -4.81.